The monoisotopic (exact) mass is 409 g/mol. The first kappa shape index (κ1) is 21.3. The van der Waals surface area contributed by atoms with Crippen molar-refractivity contribution in [1.82, 2.24) is 10.2 Å². The molecule has 1 aliphatic rings. The molecule has 0 spiro atoms. The van der Waals surface area contributed by atoms with Crippen molar-refractivity contribution in [3.63, 3.8) is 0 Å². The van der Waals surface area contributed by atoms with Crippen LogP contribution < -0.4 is 21.7 Å². The van der Waals surface area contributed by atoms with Gasteiger partial charge in [-0.25, -0.2) is 4.79 Å². The molecule has 158 valence electrons. The van der Waals surface area contributed by atoms with E-state index in [0.29, 0.717) is 24.2 Å². The number of hydrogen-bond donors (Lipinski definition) is 4. The van der Waals surface area contributed by atoms with Crippen LogP contribution in [0.3, 0.4) is 0 Å². The fraction of sp³-hybridized carbons (Fsp3) is 0.318. The lowest BCUT2D eigenvalue weighted by atomic mass is 10.1. The summed E-state index contributed by atoms with van der Waals surface area (Å²) in [5, 5.41) is 8.66. The molecule has 0 saturated carbocycles. The van der Waals surface area contributed by atoms with Gasteiger partial charge in [0.1, 0.15) is 0 Å². The van der Waals surface area contributed by atoms with E-state index >= 15 is 0 Å². The number of rotatable bonds is 7. The Morgan fingerprint density at radius 2 is 1.53 bits per heavy atom. The minimum Gasteiger partial charge on any atom is -0.366 e. The summed E-state index contributed by atoms with van der Waals surface area (Å²) in [6.45, 7) is 2.32. The van der Waals surface area contributed by atoms with Gasteiger partial charge >= 0.3 is 6.03 Å². The van der Waals surface area contributed by atoms with Gasteiger partial charge in [0.15, 0.2) is 0 Å². The molecule has 1 fully saturated rings. The van der Waals surface area contributed by atoms with Crippen molar-refractivity contribution in [2.24, 2.45) is 5.73 Å². The lowest BCUT2D eigenvalue weighted by Gasteiger charge is -2.32. The fourth-order valence-electron chi connectivity index (χ4n) is 3.38. The summed E-state index contributed by atoms with van der Waals surface area (Å²) in [5.74, 6) is -0.576. The number of nitrogens with one attached hydrogen (secondary N) is 3. The van der Waals surface area contributed by atoms with Gasteiger partial charge in [0.25, 0.3) is 0 Å². The molecule has 2 aromatic carbocycles. The van der Waals surface area contributed by atoms with E-state index in [1.165, 1.54) is 0 Å². The number of nitrogens with two attached hydrogens (primary N) is 1. The van der Waals surface area contributed by atoms with E-state index < -0.39 is 5.91 Å². The quantitative estimate of drug-likeness (QED) is 0.562. The molecule has 1 heterocycles. The molecular weight excluding hydrogens is 382 g/mol. The van der Waals surface area contributed by atoms with Crippen LogP contribution in [0.25, 0.3) is 0 Å². The summed E-state index contributed by atoms with van der Waals surface area (Å²) < 4.78 is 0. The Balaban J connectivity index is 1.33. The molecule has 0 bridgehead atoms. The molecule has 0 aliphatic carbocycles. The molecule has 30 heavy (non-hydrogen) atoms. The third-order valence-corrected chi connectivity index (χ3v) is 5.06. The molecule has 0 aromatic heterocycles. The van der Waals surface area contributed by atoms with Gasteiger partial charge in [0, 0.05) is 49.0 Å². The van der Waals surface area contributed by atoms with E-state index in [1.54, 1.807) is 24.3 Å². The van der Waals surface area contributed by atoms with Gasteiger partial charge in [-0.15, -0.1) is 0 Å². The maximum Gasteiger partial charge on any atom is 0.319 e. The minimum atomic E-state index is -0.497. The van der Waals surface area contributed by atoms with Crippen molar-refractivity contribution >= 4 is 29.2 Å². The molecule has 8 heteroatoms. The van der Waals surface area contributed by atoms with Crippen molar-refractivity contribution in [1.29, 1.82) is 0 Å². The highest BCUT2D eigenvalue weighted by Crippen LogP contribution is 2.13. The van der Waals surface area contributed by atoms with Gasteiger partial charge in [-0.3, -0.25) is 9.59 Å². The Morgan fingerprint density at radius 1 is 0.900 bits per heavy atom. The Kier molecular flexibility index (Phi) is 7.40. The second-order valence-electron chi connectivity index (χ2n) is 7.32. The molecule has 3 rings (SSSR count). The van der Waals surface area contributed by atoms with Crippen LogP contribution in [0.5, 0.6) is 0 Å². The molecule has 8 nitrogen and oxygen atoms in total. The van der Waals surface area contributed by atoms with Crippen LogP contribution in [0.4, 0.5) is 16.2 Å². The predicted octanol–water partition coefficient (Wildman–Crippen LogP) is 2.40. The molecule has 2 aromatic rings. The maximum atomic E-state index is 12.2. The fourth-order valence-corrected chi connectivity index (χ4v) is 3.38. The second-order valence-corrected chi connectivity index (χ2v) is 7.32. The summed E-state index contributed by atoms with van der Waals surface area (Å²) in [4.78, 5) is 37.6. The minimum absolute atomic E-state index is 0.0793. The third kappa shape index (κ3) is 6.59. The van der Waals surface area contributed by atoms with E-state index in [9.17, 15) is 14.4 Å². The molecule has 0 radical (unpaired) electrons. The smallest absolute Gasteiger partial charge is 0.319 e. The van der Waals surface area contributed by atoms with Crippen LogP contribution >= 0.6 is 0 Å². The number of amides is 4. The number of piperidine rings is 1. The van der Waals surface area contributed by atoms with Crippen LogP contribution in [-0.2, 0) is 4.79 Å². The van der Waals surface area contributed by atoms with Crippen molar-refractivity contribution in [3.05, 3.63) is 60.2 Å². The Morgan fingerprint density at radius 3 is 2.17 bits per heavy atom. The number of anilines is 2. The zero-order valence-electron chi connectivity index (χ0n) is 16.8. The van der Waals surface area contributed by atoms with Crippen LogP contribution in [0, 0.1) is 0 Å². The van der Waals surface area contributed by atoms with Gasteiger partial charge in [-0.05, 0) is 49.2 Å². The van der Waals surface area contributed by atoms with E-state index in [0.717, 1.165) is 31.6 Å². The number of para-hydroxylation sites is 1. The van der Waals surface area contributed by atoms with E-state index in [4.69, 9.17) is 5.73 Å². The lowest BCUT2D eigenvalue weighted by molar-refractivity contribution is -0.116. The SMILES string of the molecule is NC(=O)c1ccc(NC(=O)CCN2CCC(NC(=O)Nc3ccccc3)CC2)cc1. The maximum absolute atomic E-state index is 12.2. The number of likely N-dealkylation sites (tertiary alicyclic amines) is 1. The summed E-state index contributed by atoms with van der Waals surface area (Å²) >= 11 is 0. The zero-order chi connectivity index (χ0) is 21.3. The number of carbonyl (C=O) groups excluding carboxylic acids is 3. The summed E-state index contributed by atoms with van der Waals surface area (Å²) in [6.07, 6.45) is 2.07. The first-order chi connectivity index (χ1) is 14.5. The molecule has 5 N–H and O–H groups in total. The van der Waals surface area contributed by atoms with E-state index in [-0.39, 0.29) is 18.0 Å². The normalized spacial score (nSPS) is 14.7. The molecule has 0 atom stereocenters. The summed E-state index contributed by atoms with van der Waals surface area (Å²) in [5.41, 5.74) is 7.02. The third-order valence-electron chi connectivity index (χ3n) is 5.06. The number of benzene rings is 2. The first-order valence-corrected chi connectivity index (χ1v) is 10.0. The summed E-state index contributed by atoms with van der Waals surface area (Å²) in [7, 11) is 0. The standard InChI is InChI=1S/C22H27N5O3/c23-21(29)16-6-8-18(9-7-16)24-20(28)12-15-27-13-10-19(11-14-27)26-22(30)25-17-4-2-1-3-5-17/h1-9,19H,10-15H2,(H2,23,29)(H,24,28)(H2,25,26,30). The summed E-state index contributed by atoms with van der Waals surface area (Å²) in [6, 6.07) is 15.8. The number of nitrogens with zero attached hydrogens (tertiary/aromatic N) is 1. The van der Waals surface area contributed by atoms with E-state index in [2.05, 4.69) is 20.9 Å². The Labute approximate surface area is 175 Å². The average Bonchev–Trinajstić information content (AvgIpc) is 2.74. The highest BCUT2D eigenvalue weighted by molar-refractivity contribution is 5.94. The van der Waals surface area contributed by atoms with E-state index in [1.807, 2.05) is 30.3 Å². The Hall–Kier alpha value is -3.39. The Bertz CT molecular complexity index is 862. The largest absolute Gasteiger partial charge is 0.366 e. The van der Waals surface area contributed by atoms with Crippen molar-refractivity contribution in [2.45, 2.75) is 25.3 Å². The molecular formula is C22H27N5O3. The van der Waals surface area contributed by atoms with Crippen molar-refractivity contribution in [2.75, 3.05) is 30.3 Å². The molecule has 1 saturated heterocycles. The van der Waals surface area contributed by atoms with Crippen LogP contribution in [0.15, 0.2) is 54.6 Å². The van der Waals surface area contributed by atoms with Gasteiger partial charge in [0.2, 0.25) is 11.8 Å². The van der Waals surface area contributed by atoms with Gasteiger partial charge in [-0.1, -0.05) is 18.2 Å². The van der Waals surface area contributed by atoms with Crippen molar-refractivity contribution in [3.8, 4) is 0 Å². The molecule has 0 unspecified atom stereocenters. The van der Waals surface area contributed by atoms with Crippen LogP contribution in [-0.4, -0.2) is 48.4 Å². The topological polar surface area (TPSA) is 117 Å². The first-order valence-electron chi connectivity index (χ1n) is 10.0. The lowest BCUT2D eigenvalue weighted by Crippen LogP contribution is -2.46. The predicted molar refractivity (Wildman–Crippen MR) is 116 cm³/mol. The number of urea groups is 1. The van der Waals surface area contributed by atoms with Gasteiger partial charge in [0.05, 0.1) is 0 Å². The van der Waals surface area contributed by atoms with Gasteiger partial charge in [-0.2, -0.15) is 0 Å². The van der Waals surface area contributed by atoms with Crippen LogP contribution in [0.1, 0.15) is 29.6 Å². The van der Waals surface area contributed by atoms with Gasteiger partial charge < -0.3 is 26.6 Å². The average molecular weight is 409 g/mol. The highest BCUT2D eigenvalue weighted by atomic mass is 16.2. The van der Waals surface area contributed by atoms with Crippen LogP contribution in [0.2, 0.25) is 0 Å². The molecule has 4 amide bonds. The second kappa shape index (κ2) is 10.4. The highest BCUT2D eigenvalue weighted by Gasteiger charge is 2.21. The molecule has 1 aliphatic heterocycles. The number of carbonyl (C=O) groups is 3. The number of primary amides is 1. The van der Waals surface area contributed by atoms with Crippen molar-refractivity contribution < 1.29 is 14.4 Å². The zero-order valence-corrected chi connectivity index (χ0v) is 16.8. The number of hydrogen-bond acceptors (Lipinski definition) is 4.